The molecule has 0 spiro atoms. The average molecular weight is 286 g/mol. The van der Waals surface area contributed by atoms with Gasteiger partial charge in [0.25, 0.3) is 0 Å². The molecular weight excluding hydrogens is 264 g/mol. The number of amides is 1. The van der Waals surface area contributed by atoms with Crippen LogP contribution < -0.4 is 0 Å². The Hall–Kier alpha value is -1.81. The molecule has 1 aromatic heterocycles. The van der Waals surface area contributed by atoms with Gasteiger partial charge in [-0.1, -0.05) is 18.2 Å². The second kappa shape index (κ2) is 5.90. The minimum atomic E-state index is -0.347. The van der Waals surface area contributed by atoms with Crippen molar-refractivity contribution in [3.05, 3.63) is 36.0 Å². The number of carbonyl (C=O) groups excluding carboxylic acids is 1. The number of piperidine rings is 1. The number of aromatic nitrogens is 1. The van der Waals surface area contributed by atoms with Crippen molar-refractivity contribution in [1.82, 2.24) is 9.47 Å². The van der Waals surface area contributed by atoms with Gasteiger partial charge < -0.3 is 14.6 Å². The Labute approximate surface area is 125 Å². The maximum Gasteiger partial charge on any atom is 0.222 e. The molecule has 1 aliphatic rings. The first kappa shape index (κ1) is 14.1. The third-order valence-corrected chi connectivity index (χ3v) is 4.34. The Morgan fingerprint density at radius 3 is 3.00 bits per heavy atom. The molecular formula is C17H22N2O2. The van der Waals surface area contributed by atoms with Crippen molar-refractivity contribution in [2.24, 2.45) is 7.05 Å². The van der Waals surface area contributed by atoms with Gasteiger partial charge >= 0.3 is 0 Å². The Bertz CT molecular complexity index is 647. The molecule has 1 atom stereocenters. The van der Waals surface area contributed by atoms with Crippen molar-refractivity contribution in [3.63, 3.8) is 0 Å². The van der Waals surface area contributed by atoms with E-state index >= 15 is 0 Å². The third-order valence-electron chi connectivity index (χ3n) is 4.34. The van der Waals surface area contributed by atoms with Crippen molar-refractivity contribution in [3.8, 4) is 0 Å². The number of aryl methyl sites for hydroxylation is 2. The van der Waals surface area contributed by atoms with Gasteiger partial charge in [0.1, 0.15) is 0 Å². The zero-order valence-electron chi connectivity index (χ0n) is 12.5. The maximum atomic E-state index is 12.3. The fourth-order valence-electron chi connectivity index (χ4n) is 3.21. The lowest BCUT2D eigenvalue weighted by molar-refractivity contribution is -0.134. The molecule has 0 radical (unpaired) electrons. The smallest absolute Gasteiger partial charge is 0.222 e. The van der Waals surface area contributed by atoms with E-state index in [-0.39, 0.29) is 12.0 Å². The van der Waals surface area contributed by atoms with Crippen LogP contribution in [0.1, 0.15) is 24.8 Å². The lowest BCUT2D eigenvalue weighted by atomic mass is 10.1. The van der Waals surface area contributed by atoms with E-state index in [1.54, 1.807) is 4.90 Å². The monoisotopic (exact) mass is 286 g/mol. The number of nitrogens with zero attached hydrogens (tertiary/aromatic N) is 2. The van der Waals surface area contributed by atoms with Crippen molar-refractivity contribution < 1.29 is 9.90 Å². The molecule has 2 heterocycles. The lowest BCUT2D eigenvalue weighted by Gasteiger charge is -2.30. The number of aliphatic hydroxyl groups is 1. The number of rotatable bonds is 3. The van der Waals surface area contributed by atoms with Crippen molar-refractivity contribution in [2.45, 2.75) is 31.8 Å². The second-order valence-corrected chi connectivity index (χ2v) is 5.92. The summed E-state index contributed by atoms with van der Waals surface area (Å²) >= 11 is 0. The first-order chi connectivity index (χ1) is 10.1. The summed E-state index contributed by atoms with van der Waals surface area (Å²) in [5, 5.41) is 10.9. The van der Waals surface area contributed by atoms with Crippen LogP contribution in [0.2, 0.25) is 0 Å². The van der Waals surface area contributed by atoms with E-state index in [2.05, 4.69) is 22.9 Å². The van der Waals surface area contributed by atoms with E-state index in [1.807, 2.05) is 19.2 Å². The quantitative estimate of drug-likeness (QED) is 0.939. The van der Waals surface area contributed by atoms with E-state index < -0.39 is 0 Å². The predicted octanol–water partition coefficient (Wildman–Crippen LogP) is 2.09. The zero-order valence-corrected chi connectivity index (χ0v) is 12.5. The second-order valence-electron chi connectivity index (χ2n) is 5.92. The Morgan fingerprint density at radius 2 is 2.19 bits per heavy atom. The Kier molecular flexibility index (Phi) is 3.97. The van der Waals surface area contributed by atoms with Gasteiger partial charge in [-0.25, -0.2) is 0 Å². The summed E-state index contributed by atoms with van der Waals surface area (Å²) in [6.45, 7) is 1.28. The van der Waals surface area contributed by atoms with Crippen LogP contribution in [0.4, 0.5) is 0 Å². The SMILES string of the molecule is Cn1cc(CCC(=O)N2CCCC(O)C2)c2ccccc21. The van der Waals surface area contributed by atoms with Crippen LogP contribution in [0.15, 0.2) is 30.5 Å². The van der Waals surface area contributed by atoms with Gasteiger partial charge in [0.2, 0.25) is 5.91 Å². The summed E-state index contributed by atoms with van der Waals surface area (Å²) in [5.74, 6) is 0.154. The Morgan fingerprint density at radius 1 is 1.38 bits per heavy atom. The van der Waals surface area contributed by atoms with Gasteiger partial charge in [0, 0.05) is 43.7 Å². The molecule has 1 aromatic carbocycles. The van der Waals surface area contributed by atoms with Crippen molar-refractivity contribution in [1.29, 1.82) is 0 Å². The third kappa shape index (κ3) is 2.95. The van der Waals surface area contributed by atoms with Gasteiger partial charge in [-0.05, 0) is 30.9 Å². The average Bonchev–Trinajstić information content (AvgIpc) is 2.82. The number of carbonyl (C=O) groups is 1. The molecule has 4 nitrogen and oxygen atoms in total. The number of hydrogen-bond donors (Lipinski definition) is 1. The first-order valence-corrected chi connectivity index (χ1v) is 7.64. The molecule has 1 amide bonds. The van der Waals surface area contributed by atoms with Crippen LogP contribution in [0.25, 0.3) is 10.9 Å². The highest BCUT2D eigenvalue weighted by molar-refractivity contribution is 5.85. The fourth-order valence-corrected chi connectivity index (χ4v) is 3.21. The summed E-state index contributed by atoms with van der Waals surface area (Å²) in [7, 11) is 2.04. The molecule has 1 unspecified atom stereocenters. The van der Waals surface area contributed by atoms with Gasteiger partial charge in [-0.2, -0.15) is 0 Å². The number of benzene rings is 1. The molecule has 0 saturated carbocycles. The molecule has 0 aliphatic carbocycles. The summed E-state index contributed by atoms with van der Waals surface area (Å²) in [6.07, 6.45) is 4.75. The number of β-amino-alcohol motifs (C(OH)–C–C–N with tert-alkyl or cyclic N) is 1. The van der Waals surface area contributed by atoms with Crippen LogP contribution in [0.3, 0.4) is 0 Å². The number of fused-ring (bicyclic) bond motifs is 1. The van der Waals surface area contributed by atoms with Gasteiger partial charge in [-0.15, -0.1) is 0 Å². The van der Waals surface area contributed by atoms with Gasteiger partial charge in [0.15, 0.2) is 0 Å². The lowest BCUT2D eigenvalue weighted by Crippen LogP contribution is -2.42. The van der Waals surface area contributed by atoms with Crippen LogP contribution in [-0.4, -0.2) is 39.7 Å². The van der Waals surface area contributed by atoms with Crippen LogP contribution >= 0.6 is 0 Å². The highest BCUT2D eigenvalue weighted by Crippen LogP contribution is 2.22. The number of para-hydroxylation sites is 1. The Balaban J connectivity index is 1.67. The van der Waals surface area contributed by atoms with Crippen molar-refractivity contribution in [2.75, 3.05) is 13.1 Å². The number of likely N-dealkylation sites (tertiary alicyclic amines) is 1. The van der Waals surface area contributed by atoms with E-state index in [0.29, 0.717) is 13.0 Å². The minimum Gasteiger partial charge on any atom is -0.391 e. The molecule has 1 saturated heterocycles. The molecule has 3 rings (SSSR count). The highest BCUT2D eigenvalue weighted by atomic mass is 16.3. The highest BCUT2D eigenvalue weighted by Gasteiger charge is 2.21. The number of aliphatic hydroxyl groups excluding tert-OH is 1. The first-order valence-electron chi connectivity index (χ1n) is 7.64. The molecule has 1 fully saturated rings. The van der Waals surface area contributed by atoms with Crippen LogP contribution in [0.5, 0.6) is 0 Å². The molecule has 1 N–H and O–H groups in total. The van der Waals surface area contributed by atoms with Gasteiger partial charge in [-0.3, -0.25) is 4.79 Å². The molecule has 4 heteroatoms. The minimum absolute atomic E-state index is 0.154. The zero-order chi connectivity index (χ0) is 14.8. The topological polar surface area (TPSA) is 45.5 Å². The fraction of sp³-hybridized carbons (Fsp3) is 0.471. The largest absolute Gasteiger partial charge is 0.391 e. The van der Waals surface area contributed by atoms with Crippen LogP contribution in [0, 0.1) is 0 Å². The summed E-state index contributed by atoms with van der Waals surface area (Å²) in [6, 6.07) is 8.28. The van der Waals surface area contributed by atoms with Gasteiger partial charge in [0.05, 0.1) is 6.10 Å². The predicted molar refractivity (Wildman–Crippen MR) is 83.1 cm³/mol. The standard InChI is InChI=1S/C17H22N2O2/c1-18-11-13(15-6-2-3-7-16(15)18)8-9-17(21)19-10-4-5-14(20)12-19/h2-3,6-7,11,14,20H,4-5,8-10,12H2,1H3. The van der Waals surface area contributed by atoms with Crippen molar-refractivity contribution >= 4 is 16.8 Å². The number of hydrogen-bond acceptors (Lipinski definition) is 2. The van der Waals surface area contributed by atoms with E-state index in [1.165, 1.54) is 16.5 Å². The maximum absolute atomic E-state index is 12.3. The molecule has 21 heavy (non-hydrogen) atoms. The molecule has 2 aromatic rings. The van der Waals surface area contributed by atoms with Crippen LogP contribution in [-0.2, 0) is 18.3 Å². The molecule has 112 valence electrons. The summed E-state index contributed by atoms with van der Waals surface area (Å²) in [5.41, 5.74) is 2.42. The summed E-state index contributed by atoms with van der Waals surface area (Å²) in [4.78, 5) is 14.1. The summed E-state index contributed by atoms with van der Waals surface area (Å²) < 4.78 is 2.11. The molecule has 1 aliphatic heterocycles. The van der Waals surface area contributed by atoms with E-state index in [0.717, 1.165) is 25.8 Å². The normalized spacial score (nSPS) is 19.1. The molecule has 0 bridgehead atoms. The van der Waals surface area contributed by atoms with E-state index in [4.69, 9.17) is 0 Å². The van der Waals surface area contributed by atoms with E-state index in [9.17, 15) is 9.90 Å².